The molecule has 0 fully saturated rings. The van der Waals surface area contributed by atoms with Crippen LogP contribution in [-0.2, 0) is 22.4 Å². The van der Waals surface area contributed by atoms with Crippen LogP contribution in [0.15, 0.2) is 34.9 Å². The molecule has 23 heavy (non-hydrogen) atoms. The van der Waals surface area contributed by atoms with E-state index in [1.165, 1.54) is 0 Å². The zero-order valence-electron chi connectivity index (χ0n) is 12.6. The third kappa shape index (κ3) is 4.82. The van der Waals surface area contributed by atoms with Crippen LogP contribution < -0.4 is 5.32 Å². The van der Waals surface area contributed by atoms with Crippen molar-refractivity contribution in [2.24, 2.45) is 0 Å². The Morgan fingerprint density at radius 2 is 2.04 bits per heavy atom. The van der Waals surface area contributed by atoms with Crippen LogP contribution in [-0.4, -0.2) is 28.2 Å². The smallest absolute Gasteiger partial charge is 0.326 e. The third-order valence-electron chi connectivity index (χ3n) is 3.45. The van der Waals surface area contributed by atoms with E-state index >= 15 is 0 Å². The normalized spacial score (nSPS) is 11.9. The quantitative estimate of drug-likeness (QED) is 0.809. The summed E-state index contributed by atoms with van der Waals surface area (Å²) in [5.41, 5.74) is 2.14. The Bertz CT molecular complexity index is 665. The number of benzene rings is 1. The third-order valence-corrected chi connectivity index (χ3v) is 3.75. The number of halogens is 1. The van der Waals surface area contributed by atoms with Gasteiger partial charge in [-0.2, -0.15) is 0 Å². The van der Waals surface area contributed by atoms with Crippen molar-refractivity contribution >= 4 is 23.5 Å². The Labute approximate surface area is 138 Å². The summed E-state index contributed by atoms with van der Waals surface area (Å²) < 4.78 is 4.82. The highest BCUT2D eigenvalue weighted by Gasteiger charge is 2.21. The molecule has 0 aliphatic carbocycles. The molecule has 7 heteroatoms. The number of aliphatic carboxylic acids is 1. The van der Waals surface area contributed by atoms with Crippen LogP contribution in [0.2, 0.25) is 5.22 Å². The van der Waals surface area contributed by atoms with Crippen molar-refractivity contribution < 1.29 is 19.2 Å². The Hall–Kier alpha value is -2.34. The van der Waals surface area contributed by atoms with Crippen LogP contribution in [0.1, 0.15) is 23.2 Å². The van der Waals surface area contributed by atoms with Crippen LogP contribution in [0, 0.1) is 6.92 Å². The van der Waals surface area contributed by atoms with E-state index in [1.54, 1.807) is 6.92 Å². The first-order valence-corrected chi connectivity index (χ1v) is 7.52. The van der Waals surface area contributed by atoms with Gasteiger partial charge in [-0.25, -0.2) is 4.79 Å². The maximum atomic E-state index is 12.0. The summed E-state index contributed by atoms with van der Waals surface area (Å²) in [6.07, 6.45) is 0.687. The minimum atomic E-state index is -1.07. The lowest BCUT2D eigenvalue weighted by atomic mass is 10.1. The summed E-state index contributed by atoms with van der Waals surface area (Å²) in [6.45, 7) is 1.73. The molecule has 0 unspecified atom stereocenters. The average molecular weight is 337 g/mol. The molecular formula is C16H17ClN2O4. The second-order valence-electron chi connectivity index (χ2n) is 5.17. The fraction of sp³-hybridized carbons (Fsp3) is 0.312. The molecule has 0 aliphatic rings. The van der Waals surface area contributed by atoms with Crippen molar-refractivity contribution in [2.45, 2.75) is 32.2 Å². The van der Waals surface area contributed by atoms with Crippen LogP contribution in [0.5, 0.6) is 0 Å². The maximum absolute atomic E-state index is 12.0. The number of rotatable bonds is 7. The Morgan fingerprint density at radius 1 is 1.35 bits per heavy atom. The van der Waals surface area contributed by atoms with Gasteiger partial charge < -0.3 is 14.9 Å². The molecule has 1 aromatic heterocycles. The summed E-state index contributed by atoms with van der Waals surface area (Å²) in [4.78, 5) is 23.3. The summed E-state index contributed by atoms with van der Waals surface area (Å²) in [7, 11) is 0. The molecule has 0 radical (unpaired) electrons. The molecule has 122 valence electrons. The van der Waals surface area contributed by atoms with Gasteiger partial charge in [-0.1, -0.05) is 35.5 Å². The van der Waals surface area contributed by atoms with Crippen molar-refractivity contribution in [2.75, 3.05) is 0 Å². The highest BCUT2D eigenvalue weighted by Crippen LogP contribution is 2.20. The number of carboxylic acid groups (broad SMARTS) is 1. The van der Waals surface area contributed by atoms with E-state index in [0.29, 0.717) is 17.7 Å². The lowest BCUT2D eigenvalue weighted by Crippen LogP contribution is -2.42. The molecule has 6 nitrogen and oxygen atoms in total. The molecule has 2 N–H and O–H groups in total. The van der Waals surface area contributed by atoms with Gasteiger partial charge in [0.1, 0.15) is 6.04 Å². The van der Waals surface area contributed by atoms with Crippen molar-refractivity contribution in [3.63, 3.8) is 0 Å². The largest absolute Gasteiger partial charge is 0.480 e. The van der Waals surface area contributed by atoms with Crippen LogP contribution >= 0.6 is 11.6 Å². The number of carbonyl (C=O) groups excluding carboxylic acids is 1. The fourth-order valence-electron chi connectivity index (χ4n) is 2.20. The monoisotopic (exact) mass is 336 g/mol. The molecule has 1 aromatic carbocycles. The number of hydrogen-bond donors (Lipinski definition) is 2. The van der Waals surface area contributed by atoms with Gasteiger partial charge in [0.15, 0.2) is 0 Å². The van der Waals surface area contributed by atoms with Gasteiger partial charge in [0, 0.05) is 18.4 Å². The first kappa shape index (κ1) is 17.0. The van der Waals surface area contributed by atoms with Gasteiger partial charge in [-0.05, 0) is 30.5 Å². The summed E-state index contributed by atoms with van der Waals surface area (Å²) >= 11 is 5.84. The van der Waals surface area contributed by atoms with E-state index in [-0.39, 0.29) is 24.0 Å². The Kier molecular flexibility index (Phi) is 5.76. The first-order chi connectivity index (χ1) is 11.0. The molecule has 0 saturated carbocycles. The molecule has 0 saturated heterocycles. The van der Waals surface area contributed by atoms with Crippen molar-refractivity contribution in [3.8, 4) is 0 Å². The molecule has 0 aliphatic heterocycles. The van der Waals surface area contributed by atoms with Gasteiger partial charge in [0.05, 0.1) is 5.69 Å². The summed E-state index contributed by atoms with van der Waals surface area (Å²) in [5.74, 6) is -1.42. The summed E-state index contributed by atoms with van der Waals surface area (Å²) in [6, 6.07) is 8.18. The topological polar surface area (TPSA) is 92.4 Å². The van der Waals surface area contributed by atoms with Crippen molar-refractivity contribution in [1.82, 2.24) is 10.5 Å². The number of carboxylic acids is 1. The van der Waals surface area contributed by atoms with Crippen LogP contribution in [0.4, 0.5) is 0 Å². The number of carbonyl (C=O) groups is 2. The van der Waals surface area contributed by atoms with Crippen LogP contribution in [0.3, 0.4) is 0 Å². The number of nitrogens with zero attached hydrogens (tertiary/aromatic N) is 1. The minimum Gasteiger partial charge on any atom is -0.480 e. The zero-order chi connectivity index (χ0) is 16.8. The fourth-order valence-corrected chi connectivity index (χ4v) is 2.46. The van der Waals surface area contributed by atoms with Crippen LogP contribution in [0.25, 0.3) is 0 Å². The van der Waals surface area contributed by atoms with E-state index < -0.39 is 12.0 Å². The highest BCUT2D eigenvalue weighted by molar-refractivity contribution is 6.29. The number of aryl methyl sites for hydroxylation is 1. The van der Waals surface area contributed by atoms with E-state index in [0.717, 1.165) is 5.56 Å². The van der Waals surface area contributed by atoms with E-state index in [4.69, 9.17) is 16.1 Å². The van der Waals surface area contributed by atoms with Crippen molar-refractivity contribution in [3.05, 3.63) is 52.4 Å². The van der Waals surface area contributed by atoms with Gasteiger partial charge >= 0.3 is 5.97 Å². The second-order valence-corrected chi connectivity index (χ2v) is 5.51. The van der Waals surface area contributed by atoms with Gasteiger partial charge in [0.25, 0.3) is 0 Å². The number of aromatic nitrogens is 1. The zero-order valence-corrected chi connectivity index (χ0v) is 13.3. The van der Waals surface area contributed by atoms with Gasteiger partial charge in [-0.3, -0.25) is 4.79 Å². The molecule has 1 heterocycles. The first-order valence-electron chi connectivity index (χ1n) is 7.14. The summed E-state index contributed by atoms with van der Waals surface area (Å²) in [5, 5.41) is 15.7. The molecule has 0 spiro atoms. The number of hydrogen-bond acceptors (Lipinski definition) is 4. The lowest BCUT2D eigenvalue weighted by molar-refractivity contribution is -0.141. The Balaban J connectivity index is 1.92. The lowest BCUT2D eigenvalue weighted by Gasteiger charge is -2.14. The van der Waals surface area contributed by atoms with E-state index in [1.807, 2.05) is 30.3 Å². The second kappa shape index (κ2) is 7.78. The number of amides is 1. The molecular weight excluding hydrogens is 320 g/mol. The average Bonchev–Trinajstić information content (AvgIpc) is 2.84. The Morgan fingerprint density at radius 3 is 2.61 bits per heavy atom. The maximum Gasteiger partial charge on any atom is 0.326 e. The molecule has 0 bridgehead atoms. The number of nitrogens with one attached hydrogen (secondary N) is 1. The SMILES string of the molecule is Cc1noc(Cl)c1CCC(=O)N[C@@H](Cc1ccccc1)C(=O)O. The molecule has 2 aromatic rings. The highest BCUT2D eigenvalue weighted by atomic mass is 35.5. The molecule has 1 amide bonds. The standard InChI is InChI=1S/C16H17ClN2O4/c1-10-12(15(17)23-19-10)7-8-14(20)18-13(16(21)22)9-11-5-3-2-4-6-11/h2-6,13H,7-9H2,1H3,(H,18,20)(H,21,22)/t13-/m0/s1. The van der Waals surface area contributed by atoms with Gasteiger partial charge in [0.2, 0.25) is 11.1 Å². The predicted octanol–water partition coefficient (Wildman–Crippen LogP) is 2.38. The molecule has 1 atom stereocenters. The molecule has 2 rings (SSSR count). The van der Waals surface area contributed by atoms with Gasteiger partial charge in [-0.15, -0.1) is 0 Å². The van der Waals surface area contributed by atoms with Crippen molar-refractivity contribution in [1.29, 1.82) is 0 Å². The predicted molar refractivity (Wildman–Crippen MR) is 84.3 cm³/mol. The van der Waals surface area contributed by atoms with E-state index in [2.05, 4.69) is 10.5 Å². The van der Waals surface area contributed by atoms with E-state index in [9.17, 15) is 14.7 Å². The minimum absolute atomic E-state index is 0.111.